The fraction of sp³-hybridized carbons (Fsp3) is 0.273. The van der Waals surface area contributed by atoms with Gasteiger partial charge in [-0.15, -0.1) is 0 Å². The van der Waals surface area contributed by atoms with Gasteiger partial charge in [-0.1, -0.05) is 18.2 Å². The van der Waals surface area contributed by atoms with Gasteiger partial charge in [0.15, 0.2) is 0 Å². The van der Waals surface area contributed by atoms with Crippen LogP contribution in [0.4, 0.5) is 5.69 Å². The van der Waals surface area contributed by atoms with Crippen molar-refractivity contribution in [3.8, 4) is 5.75 Å². The third kappa shape index (κ3) is 4.35. The highest BCUT2D eigenvalue weighted by atomic mass is 16.7. The highest BCUT2D eigenvalue weighted by molar-refractivity contribution is 6.04. The summed E-state index contributed by atoms with van der Waals surface area (Å²) in [5.41, 5.74) is -0.272. The van der Waals surface area contributed by atoms with Crippen LogP contribution in [0.3, 0.4) is 0 Å². The molecular weight excluding hydrogens is 422 g/mol. The second kappa shape index (κ2) is 9.07. The predicted octanol–water partition coefficient (Wildman–Crippen LogP) is 0.224. The average Bonchev–Trinajstić information content (AvgIpc) is 2.80. The first-order valence-electron chi connectivity index (χ1n) is 9.79. The van der Waals surface area contributed by atoms with Gasteiger partial charge in [0, 0.05) is 17.0 Å². The van der Waals surface area contributed by atoms with Crippen LogP contribution in [0.2, 0.25) is 0 Å². The number of carbonyl (C=O) groups excluding carboxylic acids is 1. The monoisotopic (exact) mass is 443 g/mol. The normalized spacial score (nSPS) is 25.4. The second-order valence-electron chi connectivity index (χ2n) is 7.28. The van der Waals surface area contributed by atoms with Crippen molar-refractivity contribution in [3.63, 3.8) is 0 Å². The van der Waals surface area contributed by atoms with E-state index in [0.717, 1.165) is 0 Å². The summed E-state index contributed by atoms with van der Waals surface area (Å²) < 4.78 is 16.1. The van der Waals surface area contributed by atoms with E-state index in [1.807, 2.05) is 0 Å². The number of amides is 1. The number of aliphatic hydroxyl groups excluding tert-OH is 4. The summed E-state index contributed by atoms with van der Waals surface area (Å²) in [6.07, 6.45) is -7.16. The maximum Gasteiger partial charge on any atom is 0.360 e. The molecule has 5 atom stereocenters. The van der Waals surface area contributed by atoms with E-state index in [4.69, 9.17) is 13.9 Å². The zero-order valence-corrected chi connectivity index (χ0v) is 16.6. The first-order valence-corrected chi connectivity index (χ1v) is 9.79. The predicted molar refractivity (Wildman–Crippen MR) is 111 cm³/mol. The largest absolute Gasteiger partial charge is 0.462 e. The van der Waals surface area contributed by atoms with Crippen LogP contribution in [0.5, 0.6) is 5.75 Å². The van der Waals surface area contributed by atoms with Crippen molar-refractivity contribution >= 4 is 22.6 Å². The summed E-state index contributed by atoms with van der Waals surface area (Å²) >= 11 is 0. The van der Waals surface area contributed by atoms with Crippen LogP contribution in [-0.2, 0) is 4.74 Å². The van der Waals surface area contributed by atoms with Gasteiger partial charge >= 0.3 is 5.63 Å². The third-order valence-corrected chi connectivity index (χ3v) is 5.09. The molecule has 0 aliphatic carbocycles. The first kappa shape index (κ1) is 21.9. The van der Waals surface area contributed by atoms with E-state index >= 15 is 0 Å². The minimum Gasteiger partial charge on any atom is -0.462 e. The van der Waals surface area contributed by atoms with Crippen LogP contribution >= 0.6 is 0 Å². The van der Waals surface area contributed by atoms with E-state index < -0.39 is 48.8 Å². The van der Waals surface area contributed by atoms with Crippen LogP contribution < -0.4 is 15.7 Å². The number of nitrogens with one attached hydrogen (secondary N) is 1. The SMILES string of the molecule is O=C(Nc1cc2ccc(O[C@H]3O[C@H](CO)[C@@H](O)[C@H](O)[C@@H]3O)cc2oc1=O)c1ccccc1. The van der Waals surface area contributed by atoms with Gasteiger partial charge in [-0.2, -0.15) is 0 Å². The average molecular weight is 443 g/mol. The summed E-state index contributed by atoms with van der Waals surface area (Å²) in [6, 6.07) is 14.3. The van der Waals surface area contributed by atoms with Crippen molar-refractivity contribution in [2.24, 2.45) is 0 Å². The Balaban J connectivity index is 1.54. The van der Waals surface area contributed by atoms with E-state index in [9.17, 15) is 30.0 Å². The van der Waals surface area contributed by atoms with Crippen molar-refractivity contribution in [2.75, 3.05) is 11.9 Å². The summed E-state index contributed by atoms with van der Waals surface area (Å²) in [6.45, 7) is -0.588. The number of benzene rings is 2. The molecule has 0 unspecified atom stereocenters. The maximum atomic E-state index is 12.3. The fourth-order valence-corrected chi connectivity index (χ4v) is 3.33. The number of hydrogen-bond acceptors (Lipinski definition) is 9. The molecule has 32 heavy (non-hydrogen) atoms. The fourth-order valence-electron chi connectivity index (χ4n) is 3.33. The standard InChI is InChI=1S/C22H21NO9/c24-10-16-17(25)18(26)19(27)22(32-16)30-13-7-6-12-8-14(21(29)31-15(12)9-13)23-20(28)11-4-2-1-3-5-11/h1-9,16-19,22,24-27H,10H2,(H,23,28)/t16-,17-,18+,19+,22+/m1/s1. The van der Waals surface area contributed by atoms with Crippen molar-refractivity contribution in [2.45, 2.75) is 30.7 Å². The number of rotatable bonds is 5. The summed E-state index contributed by atoms with van der Waals surface area (Å²) in [7, 11) is 0. The van der Waals surface area contributed by atoms with Crippen LogP contribution in [0.25, 0.3) is 11.0 Å². The van der Waals surface area contributed by atoms with Crippen molar-refractivity contribution in [1.82, 2.24) is 0 Å². The summed E-state index contributed by atoms with van der Waals surface area (Å²) in [4.78, 5) is 24.6. The Morgan fingerprint density at radius 3 is 2.47 bits per heavy atom. The smallest absolute Gasteiger partial charge is 0.360 e. The molecular formula is C22H21NO9. The number of anilines is 1. The van der Waals surface area contributed by atoms with Crippen LogP contribution in [0.1, 0.15) is 10.4 Å². The number of ether oxygens (including phenoxy) is 2. The lowest BCUT2D eigenvalue weighted by molar-refractivity contribution is -0.277. The molecule has 1 fully saturated rings. The van der Waals surface area contributed by atoms with E-state index in [1.165, 1.54) is 18.2 Å². The number of fused-ring (bicyclic) bond motifs is 1. The van der Waals surface area contributed by atoms with Crippen molar-refractivity contribution in [1.29, 1.82) is 0 Å². The Morgan fingerprint density at radius 1 is 1.00 bits per heavy atom. The first-order chi connectivity index (χ1) is 15.4. The van der Waals surface area contributed by atoms with Gasteiger partial charge in [0.25, 0.3) is 5.91 Å². The van der Waals surface area contributed by atoms with E-state index in [2.05, 4.69) is 5.32 Å². The molecule has 0 bridgehead atoms. The molecule has 4 rings (SSSR count). The highest BCUT2D eigenvalue weighted by Gasteiger charge is 2.44. The van der Waals surface area contributed by atoms with Gasteiger partial charge in [-0.3, -0.25) is 4.79 Å². The van der Waals surface area contributed by atoms with Crippen molar-refractivity contribution < 1.29 is 39.1 Å². The molecule has 2 heterocycles. The molecule has 2 aromatic carbocycles. The third-order valence-electron chi connectivity index (χ3n) is 5.09. The molecule has 1 saturated heterocycles. The van der Waals surface area contributed by atoms with Gasteiger partial charge in [-0.25, -0.2) is 4.79 Å². The maximum absolute atomic E-state index is 12.3. The second-order valence-corrected chi connectivity index (χ2v) is 7.28. The molecule has 168 valence electrons. The summed E-state index contributed by atoms with van der Waals surface area (Å²) in [5.74, 6) is -0.314. The molecule has 3 aromatic rings. The topological polar surface area (TPSA) is 159 Å². The van der Waals surface area contributed by atoms with E-state index in [1.54, 1.807) is 36.4 Å². The number of aliphatic hydroxyl groups is 4. The molecule has 1 aliphatic rings. The lowest BCUT2D eigenvalue weighted by Crippen LogP contribution is -2.60. The zero-order valence-electron chi connectivity index (χ0n) is 16.6. The lowest BCUT2D eigenvalue weighted by Gasteiger charge is -2.39. The Labute approximate surface area is 181 Å². The number of carbonyl (C=O) groups is 1. The molecule has 5 N–H and O–H groups in total. The van der Waals surface area contributed by atoms with Crippen LogP contribution in [0, 0.1) is 0 Å². The lowest BCUT2D eigenvalue weighted by atomic mass is 9.99. The summed E-state index contributed by atoms with van der Waals surface area (Å²) in [5, 5.41) is 42.1. The molecule has 0 radical (unpaired) electrons. The molecule has 1 amide bonds. The van der Waals surface area contributed by atoms with E-state index in [0.29, 0.717) is 10.9 Å². The van der Waals surface area contributed by atoms with Crippen LogP contribution in [0.15, 0.2) is 63.8 Å². The Bertz CT molecular complexity index is 1160. The molecule has 0 spiro atoms. The van der Waals surface area contributed by atoms with Gasteiger partial charge < -0.3 is 39.6 Å². The zero-order chi connectivity index (χ0) is 22.8. The Morgan fingerprint density at radius 2 is 1.75 bits per heavy atom. The molecule has 1 aliphatic heterocycles. The minimum absolute atomic E-state index is 0.0334. The molecule has 10 nitrogen and oxygen atoms in total. The van der Waals surface area contributed by atoms with E-state index in [-0.39, 0.29) is 17.0 Å². The van der Waals surface area contributed by atoms with Gasteiger partial charge in [0.1, 0.15) is 41.4 Å². The number of hydrogen-bond donors (Lipinski definition) is 5. The minimum atomic E-state index is -1.58. The van der Waals surface area contributed by atoms with Crippen LogP contribution in [-0.4, -0.2) is 63.6 Å². The molecule has 1 aromatic heterocycles. The Kier molecular flexibility index (Phi) is 6.21. The van der Waals surface area contributed by atoms with Gasteiger partial charge in [0.2, 0.25) is 6.29 Å². The Hall–Kier alpha value is -3.28. The van der Waals surface area contributed by atoms with Crippen molar-refractivity contribution in [3.05, 3.63) is 70.6 Å². The molecule has 10 heteroatoms. The highest BCUT2D eigenvalue weighted by Crippen LogP contribution is 2.27. The van der Waals surface area contributed by atoms with Gasteiger partial charge in [0.05, 0.1) is 6.61 Å². The van der Waals surface area contributed by atoms with Gasteiger partial charge in [-0.05, 0) is 30.3 Å². The molecule has 0 saturated carbocycles. The quantitative estimate of drug-likeness (QED) is 0.348.